The number of hydrogen-bond acceptors (Lipinski definition) is 8. The van der Waals surface area contributed by atoms with Gasteiger partial charge in [-0.3, -0.25) is 0 Å². The number of benzene rings is 3. The Labute approximate surface area is 193 Å². The summed E-state index contributed by atoms with van der Waals surface area (Å²) in [5.74, 6) is 0.260. The number of aromatic hydroxyl groups is 3. The molecule has 0 aliphatic heterocycles. The molecule has 0 saturated carbocycles. The summed E-state index contributed by atoms with van der Waals surface area (Å²) >= 11 is 0. The quantitative estimate of drug-likeness (QED) is 0.238. The molecule has 0 aliphatic rings. The minimum Gasteiger partial charge on any atom is -0.507 e. The van der Waals surface area contributed by atoms with Crippen LogP contribution < -0.4 is 28.7 Å². The van der Waals surface area contributed by atoms with E-state index in [1.165, 1.54) is 0 Å². The number of rotatable bonds is 9. The van der Waals surface area contributed by atoms with E-state index in [9.17, 15) is 15.3 Å². The second-order valence-electron chi connectivity index (χ2n) is 8.16. The van der Waals surface area contributed by atoms with Gasteiger partial charge in [-0.1, -0.05) is 24.3 Å². The minimum absolute atomic E-state index is 0.0749. The van der Waals surface area contributed by atoms with Crippen LogP contribution in [0.15, 0.2) is 36.4 Å². The molecule has 0 aromatic heterocycles. The molecule has 0 bridgehead atoms. The lowest BCUT2D eigenvalue weighted by Gasteiger charge is -2.17. The fraction of sp³-hybridized carbons (Fsp3) is 0.280. The Kier molecular flexibility index (Phi) is 7.91. The highest BCUT2D eigenvalue weighted by Gasteiger charge is 2.17. The van der Waals surface area contributed by atoms with Crippen LogP contribution in [0, 0.1) is 0 Å². The molecule has 8 heteroatoms. The van der Waals surface area contributed by atoms with Crippen LogP contribution in [0.1, 0.15) is 50.1 Å². The Balaban J connectivity index is 2.07. The van der Waals surface area contributed by atoms with E-state index in [0.717, 1.165) is 16.7 Å². The van der Waals surface area contributed by atoms with E-state index in [4.69, 9.17) is 28.7 Å². The summed E-state index contributed by atoms with van der Waals surface area (Å²) in [7, 11) is 0. The van der Waals surface area contributed by atoms with Crippen LogP contribution in [-0.4, -0.2) is 15.3 Å². The molecule has 0 saturated heterocycles. The molecule has 0 aliphatic carbocycles. The first kappa shape index (κ1) is 24.5. The van der Waals surface area contributed by atoms with E-state index < -0.39 is 0 Å². The van der Waals surface area contributed by atoms with Gasteiger partial charge in [0.1, 0.15) is 17.2 Å². The molecule has 3 aromatic carbocycles. The van der Waals surface area contributed by atoms with Gasteiger partial charge >= 0.3 is 0 Å². The van der Waals surface area contributed by atoms with E-state index in [1.54, 1.807) is 12.1 Å². The molecule has 176 valence electrons. The van der Waals surface area contributed by atoms with Gasteiger partial charge in [-0.05, 0) is 51.1 Å². The van der Waals surface area contributed by atoms with Crippen molar-refractivity contribution in [3.63, 3.8) is 0 Å². The smallest absolute Gasteiger partial charge is 0.123 e. The molecule has 0 radical (unpaired) electrons. The molecule has 3 rings (SSSR count). The third-order valence-electron chi connectivity index (χ3n) is 5.89. The molecule has 0 atom stereocenters. The van der Waals surface area contributed by atoms with Crippen molar-refractivity contribution in [3.05, 3.63) is 86.5 Å². The molecule has 0 fully saturated rings. The van der Waals surface area contributed by atoms with Crippen LogP contribution in [0.25, 0.3) is 0 Å². The van der Waals surface area contributed by atoms with Crippen molar-refractivity contribution in [3.8, 4) is 17.2 Å². The highest BCUT2D eigenvalue weighted by atomic mass is 16.3. The lowest BCUT2D eigenvalue weighted by atomic mass is 9.92. The van der Waals surface area contributed by atoms with Crippen molar-refractivity contribution >= 4 is 0 Å². The van der Waals surface area contributed by atoms with E-state index in [-0.39, 0.29) is 49.7 Å². The minimum atomic E-state index is 0.0749. The number of nitrogens with two attached hydrogens (primary N) is 5. The number of phenolic OH excluding ortho intramolecular Hbond substituents is 3. The summed E-state index contributed by atoms with van der Waals surface area (Å²) in [5, 5.41) is 32.4. The zero-order valence-electron chi connectivity index (χ0n) is 18.6. The topological polar surface area (TPSA) is 191 Å². The second kappa shape index (κ2) is 10.7. The predicted octanol–water partition coefficient (Wildman–Crippen LogP) is 1.28. The van der Waals surface area contributed by atoms with Crippen LogP contribution in [0.2, 0.25) is 0 Å². The van der Waals surface area contributed by atoms with Crippen LogP contribution in [0.5, 0.6) is 17.2 Å². The Bertz CT molecular complexity index is 1060. The molecule has 0 spiro atoms. The SMILES string of the molecule is NCc1cc(CN)c(O)c(Cc2cc(CN)cc(Cc3cc(CN)cc(CN)c3O)c2O)c1. The predicted molar refractivity (Wildman–Crippen MR) is 129 cm³/mol. The Morgan fingerprint density at radius 2 is 0.636 bits per heavy atom. The van der Waals surface area contributed by atoms with Crippen molar-refractivity contribution in [1.29, 1.82) is 0 Å². The molecule has 8 nitrogen and oxygen atoms in total. The normalized spacial score (nSPS) is 11.2. The third kappa shape index (κ3) is 5.27. The standard InChI is InChI=1S/C25H33N5O3/c26-9-14-1-17(7-19-3-15(10-27)5-21(12-29)24(19)32)23(31)18(2-14)8-20-4-16(11-28)6-22(13-30)25(20)33/h1-6,31-33H,7-13,26-30H2. The van der Waals surface area contributed by atoms with E-state index in [1.807, 2.05) is 24.3 Å². The van der Waals surface area contributed by atoms with Crippen molar-refractivity contribution in [1.82, 2.24) is 0 Å². The molecule has 13 N–H and O–H groups in total. The summed E-state index contributed by atoms with van der Waals surface area (Å²) in [4.78, 5) is 0. The van der Waals surface area contributed by atoms with Crippen LogP contribution in [0.4, 0.5) is 0 Å². The summed E-state index contributed by atoms with van der Waals surface area (Å²) in [5.41, 5.74) is 35.2. The summed E-state index contributed by atoms with van der Waals surface area (Å²) in [6.07, 6.45) is 0.532. The zero-order chi connectivity index (χ0) is 24.1. The van der Waals surface area contributed by atoms with Crippen molar-refractivity contribution in [2.75, 3.05) is 0 Å². The first-order valence-corrected chi connectivity index (χ1v) is 10.9. The van der Waals surface area contributed by atoms with Gasteiger partial charge in [0.2, 0.25) is 0 Å². The Morgan fingerprint density at radius 1 is 0.394 bits per heavy atom. The summed E-state index contributed by atoms with van der Waals surface area (Å²) in [6, 6.07) is 10.8. The molecule has 3 aromatic rings. The zero-order valence-corrected chi connectivity index (χ0v) is 18.6. The molecule has 0 heterocycles. The average molecular weight is 452 g/mol. The van der Waals surface area contributed by atoms with Gasteiger partial charge in [0.15, 0.2) is 0 Å². The van der Waals surface area contributed by atoms with Gasteiger partial charge in [-0.2, -0.15) is 0 Å². The highest BCUT2D eigenvalue weighted by molar-refractivity contribution is 5.53. The molecular formula is C25H33N5O3. The molecule has 0 unspecified atom stereocenters. The Hall–Kier alpha value is -3.14. The largest absolute Gasteiger partial charge is 0.507 e. The van der Waals surface area contributed by atoms with Gasteiger partial charge in [0.05, 0.1) is 0 Å². The summed E-state index contributed by atoms with van der Waals surface area (Å²) < 4.78 is 0. The highest BCUT2D eigenvalue weighted by Crippen LogP contribution is 2.35. The Morgan fingerprint density at radius 3 is 0.879 bits per heavy atom. The van der Waals surface area contributed by atoms with Crippen molar-refractivity contribution in [2.24, 2.45) is 28.7 Å². The van der Waals surface area contributed by atoms with Crippen LogP contribution in [0.3, 0.4) is 0 Å². The fourth-order valence-electron chi connectivity index (χ4n) is 4.11. The maximum absolute atomic E-state index is 11.1. The molecule has 0 amide bonds. The van der Waals surface area contributed by atoms with E-state index >= 15 is 0 Å². The lowest BCUT2D eigenvalue weighted by Crippen LogP contribution is -2.06. The van der Waals surface area contributed by atoms with Crippen LogP contribution in [-0.2, 0) is 45.6 Å². The molecule has 33 heavy (non-hydrogen) atoms. The first-order valence-electron chi connectivity index (χ1n) is 10.9. The first-order chi connectivity index (χ1) is 15.8. The van der Waals surface area contributed by atoms with Crippen LogP contribution >= 0.6 is 0 Å². The summed E-state index contributed by atoms with van der Waals surface area (Å²) in [6.45, 7) is 1.23. The maximum atomic E-state index is 11.1. The van der Waals surface area contributed by atoms with E-state index in [2.05, 4.69) is 0 Å². The molecular weight excluding hydrogens is 418 g/mol. The van der Waals surface area contributed by atoms with Gasteiger partial charge in [0, 0.05) is 56.7 Å². The fourth-order valence-corrected chi connectivity index (χ4v) is 4.11. The van der Waals surface area contributed by atoms with Gasteiger partial charge in [0.25, 0.3) is 0 Å². The van der Waals surface area contributed by atoms with E-state index in [0.29, 0.717) is 46.5 Å². The van der Waals surface area contributed by atoms with Crippen molar-refractivity contribution in [2.45, 2.75) is 45.6 Å². The number of phenols is 3. The lowest BCUT2D eigenvalue weighted by molar-refractivity contribution is 0.453. The van der Waals surface area contributed by atoms with Gasteiger partial charge in [-0.25, -0.2) is 0 Å². The van der Waals surface area contributed by atoms with Gasteiger partial charge in [-0.15, -0.1) is 0 Å². The second-order valence-corrected chi connectivity index (χ2v) is 8.16. The monoisotopic (exact) mass is 451 g/mol. The maximum Gasteiger partial charge on any atom is 0.123 e. The number of hydrogen-bond donors (Lipinski definition) is 8. The van der Waals surface area contributed by atoms with Crippen molar-refractivity contribution < 1.29 is 15.3 Å². The third-order valence-corrected chi connectivity index (χ3v) is 5.89. The average Bonchev–Trinajstić information content (AvgIpc) is 2.83. The van der Waals surface area contributed by atoms with Gasteiger partial charge < -0.3 is 44.0 Å².